The van der Waals surface area contributed by atoms with Gasteiger partial charge in [-0.2, -0.15) is 0 Å². The topological polar surface area (TPSA) is 67.6 Å². The summed E-state index contributed by atoms with van der Waals surface area (Å²) < 4.78 is 5.23. The van der Waals surface area contributed by atoms with E-state index in [1.807, 2.05) is 11.9 Å². The van der Waals surface area contributed by atoms with Crippen molar-refractivity contribution in [3.63, 3.8) is 0 Å². The minimum Gasteiger partial charge on any atom is -0.379 e. The van der Waals surface area contributed by atoms with E-state index in [4.69, 9.17) is 10.5 Å². The number of nitrogens with zero attached hydrogens (tertiary/aromatic N) is 1. The highest BCUT2D eigenvalue weighted by molar-refractivity contribution is 5.77. The number of likely N-dealkylation sites (N-methyl/N-ethyl adjacent to an activating group) is 1. The molecular formula is C11H25N3O2. The molecule has 0 unspecified atom stereocenters. The highest BCUT2D eigenvalue weighted by atomic mass is 16.5. The molecule has 1 amide bonds. The van der Waals surface area contributed by atoms with Crippen molar-refractivity contribution >= 4 is 5.91 Å². The molecule has 3 N–H and O–H groups in total. The Morgan fingerprint density at radius 1 is 1.44 bits per heavy atom. The number of hydrogen-bond acceptors (Lipinski definition) is 4. The molecular weight excluding hydrogens is 206 g/mol. The average Bonchev–Trinajstić information content (AvgIpc) is 2.21. The summed E-state index contributed by atoms with van der Waals surface area (Å²) in [5.74, 6) is 0.553. The quantitative estimate of drug-likeness (QED) is 0.533. The highest BCUT2D eigenvalue weighted by Crippen LogP contribution is 1.88. The number of amides is 1. The SMILES string of the molecule is CC(C)CNC(=O)CN(C)CCOCCN. The summed E-state index contributed by atoms with van der Waals surface area (Å²) in [6.07, 6.45) is 0. The van der Waals surface area contributed by atoms with Crippen LogP contribution in [0.2, 0.25) is 0 Å². The monoisotopic (exact) mass is 231 g/mol. The van der Waals surface area contributed by atoms with Crippen LogP contribution in [0.15, 0.2) is 0 Å². The smallest absolute Gasteiger partial charge is 0.234 e. The third-order valence-electron chi connectivity index (χ3n) is 2.00. The summed E-state index contributed by atoms with van der Waals surface area (Å²) in [6.45, 7) is 7.77. The van der Waals surface area contributed by atoms with Gasteiger partial charge in [-0.1, -0.05) is 13.8 Å². The molecule has 0 aliphatic carbocycles. The van der Waals surface area contributed by atoms with Crippen LogP contribution in [0.4, 0.5) is 0 Å². The van der Waals surface area contributed by atoms with Gasteiger partial charge in [0, 0.05) is 19.6 Å². The van der Waals surface area contributed by atoms with Gasteiger partial charge in [-0.25, -0.2) is 0 Å². The second kappa shape index (κ2) is 9.57. The van der Waals surface area contributed by atoms with Gasteiger partial charge < -0.3 is 15.8 Å². The lowest BCUT2D eigenvalue weighted by Crippen LogP contribution is -2.38. The number of rotatable bonds is 9. The lowest BCUT2D eigenvalue weighted by molar-refractivity contribution is -0.122. The molecule has 0 aromatic heterocycles. The predicted octanol–water partition coefficient (Wildman–Crippen LogP) is -0.334. The molecule has 0 aromatic carbocycles. The molecule has 16 heavy (non-hydrogen) atoms. The molecule has 0 rings (SSSR count). The Balaban J connectivity index is 3.46. The van der Waals surface area contributed by atoms with Crippen LogP contribution >= 0.6 is 0 Å². The van der Waals surface area contributed by atoms with Crippen molar-refractivity contribution in [1.82, 2.24) is 10.2 Å². The van der Waals surface area contributed by atoms with Gasteiger partial charge in [0.15, 0.2) is 0 Å². The van der Waals surface area contributed by atoms with Gasteiger partial charge in [-0.3, -0.25) is 9.69 Å². The summed E-state index contributed by atoms with van der Waals surface area (Å²) in [6, 6.07) is 0. The fourth-order valence-electron chi connectivity index (χ4n) is 1.10. The Morgan fingerprint density at radius 2 is 2.12 bits per heavy atom. The van der Waals surface area contributed by atoms with E-state index in [0.29, 0.717) is 32.2 Å². The second-order valence-electron chi connectivity index (χ2n) is 4.34. The van der Waals surface area contributed by atoms with Crippen LogP contribution in [0, 0.1) is 5.92 Å². The molecule has 96 valence electrons. The van der Waals surface area contributed by atoms with Crippen LogP contribution in [-0.4, -0.2) is 57.2 Å². The fraction of sp³-hybridized carbons (Fsp3) is 0.909. The number of carbonyl (C=O) groups is 1. The first-order valence-corrected chi connectivity index (χ1v) is 5.79. The first kappa shape index (κ1) is 15.3. The molecule has 5 nitrogen and oxygen atoms in total. The maximum atomic E-state index is 11.4. The summed E-state index contributed by atoms with van der Waals surface area (Å²) in [5, 5.41) is 2.87. The first-order chi connectivity index (χ1) is 7.56. The van der Waals surface area contributed by atoms with Crippen molar-refractivity contribution < 1.29 is 9.53 Å². The molecule has 0 saturated carbocycles. The van der Waals surface area contributed by atoms with Crippen LogP contribution in [0.3, 0.4) is 0 Å². The Kier molecular flexibility index (Phi) is 9.18. The number of ether oxygens (including phenoxy) is 1. The summed E-state index contributed by atoms with van der Waals surface area (Å²) in [4.78, 5) is 13.4. The zero-order valence-corrected chi connectivity index (χ0v) is 10.7. The van der Waals surface area contributed by atoms with E-state index in [1.54, 1.807) is 0 Å². The van der Waals surface area contributed by atoms with Crippen LogP contribution in [0.1, 0.15) is 13.8 Å². The number of carbonyl (C=O) groups excluding carboxylic acids is 1. The lowest BCUT2D eigenvalue weighted by atomic mass is 10.2. The minimum atomic E-state index is 0.0648. The summed E-state index contributed by atoms with van der Waals surface area (Å²) in [7, 11) is 1.90. The molecule has 0 fully saturated rings. The second-order valence-corrected chi connectivity index (χ2v) is 4.34. The van der Waals surface area contributed by atoms with Crippen molar-refractivity contribution in [2.75, 3.05) is 46.4 Å². The van der Waals surface area contributed by atoms with Gasteiger partial charge in [0.05, 0.1) is 19.8 Å². The number of hydrogen-bond donors (Lipinski definition) is 2. The van der Waals surface area contributed by atoms with Crippen LogP contribution in [0.25, 0.3) is 0 Å². The molecule has 0 aliphatic rings. The third-order valence-corrected chi connectivity index (χ3v) is 2.00. The third kappa shape index (κ3) is 9.89. The number of nitrogens with one attached hydrogen (secondary N) is 1. The van der Waals surface area contributed by atoms with Crippen LogP contribution in [-0.2, 0) is 9.53 Å². The van der Waals surface area contributed by atoms with Crippen molar-refractivity contribution in [3.8, 4) is 0 Å². The van der Waals surface area contributed by atoms with Gasteiger partial charge in [0.25, 0.3) is 0 Å². The minimum absolute atomic E-state index is 0.0648. The highest BCUT2D eigenvalue weighted by Gasteiger charge is 2.06. The van der Waals surface area contributed by atoms with Gasteiger partial charge >= 0.3 is 0 Å². The van der Waals surface area contributed by atoms with Gasteiger partial charge in [0.2, 0.25) is 5.91 Å². The van der Waals surface area contributed by atoms with Crippen LogP contribution < -0.4 is 11.1 Å². The molecule has 0 spiro atoms. The molecule has 0 atom stereocenters. The van der Waals surface area contributed by atoms with Gasteiger partial charge in [0.1, 0.15) is 0 Å². The maximum absolute atomic E-state index is 11.4. The lowest BCUT2D eigenvalue weighted by Gasteiger charge is -2.16. The Morgan fingerprint density at radius 3 is 2.69 bits per heavy atom. The summed E-state index contributed by atoms with van der Waals surface area (Å²) in [5.41, 5.74) is 5.29. The van der Waals surface area contributed by atoms with Crippen molar-refractivity contribution in [1.29, 1.82) is 0 Å². The van der Waals surface area contributed by atoms with Crippen molar-refractivity contribution in [3.05, 3.63) is 0 Å². The molecule has 0 bridgehead atoms. The van der Waals surface area contributed by atoms with E-state index in [1.165, 1.54) is 0 Å². The van der Waals surface area contributed by atoms with Crippen LogP contribution in [0.5, 0.6) is 0 Å². The molecule has 5 heteroatoms. The summed E-state index contributed by atoms with van der Waals surface area (Å²) >= 11 is 0. The predicted molar refractivity (Wildman–Crippen MR) is 65.2 cm³/mol. The van der Waals surface area contributed by atoms with Crippen molar-refractivity contribution in [2.45, 2.75) is 13.8 Å². The largest absolute Gasteiger partial charge is 0.379 e. The maximum Gasteiger partial charge on any atom is 0.234 e. The van der Waals surface area contributed by atoms with E-state index in [0.717, 1.165) is 13.1 Å². The van der Waals surface area contributed by atoms with Gasteiger partial charge in [-0.05, 0) is 13.0 Å². The van der Waals surface area contributed by atoms with E-state index in [9.17, 15) is 4.79 Å². The molecule has 0 saturated heterocycles. The van der Waals surface area contributed by atoms with E-state index >= 15 is 0 Å². The Labute approximate surface area is 98.3 Å². The molecule has 0 aliphatic heterocycles. The first-order valence-electron chi connectivity index (χ1n) is 5.79. The van der Waals surface area contributed by atoms with E-state index in [-0.39, 0.29) is 5.91 Å². The average molecular weight is 231 g/mol. The fourth-order valence-corrected chi connectivity index (χ4v) is 1.10. The Bertz CT molecular complexity index is 186. The molecule has 0 radical (unpaired) electrons. The van der Waals surface area contributed by atoms with Crippen molar-refractivity contribution in [2.24, 2.45) is 11.7 Å². The van der Waals surface area contributed by atoms with E-state index in [2.05, 4.69) is 19.2 Å². The zero-order valence-electron chi connectivity index (χ0n) is 10.7. The molecule has 0 heterocycles. The number of nitrogens with two attached hydrogens (primary N) is 1. The zero-order chi connectivity index (χ0) is 12.4. The van der Waals surface area contributed by atoms with Gasteiger partial charge in [-0.15, -0.1) is 0 Å². The standard InChI is InChI=1S/C11H25N3O2/c1-10(2)8-13-11(15)9-14(3)5-7-16-6-4-12/h10H,4-9,12H2,1-3H3,(H,13,15). The normalized spacial score (nSPS) is 11.1. The molecule has 0 aromatic rings. The van der Waals surface area contributed by atoms with E-state index < -0.39 is 0 Å². The Hall–Kier alpha value is -0.650.